The Balaban J connectivity index is 0.00000208. The molecular formula is C21H28ClNO. The van der Waals surface area contributed by atoms with E-state index in [0.717, 1.165) is 44.1 Å². The van der Waals surface area contributed by atoms with E-state index < -0.39 is 0 Å². The summed E-state index contributed by atoms with van der Waals surface area (Å²) >= 11 is 0. The van der Waals surface area contributed by atoms with Gasteiger partial charge in [-0.3, -0.25) is 0 Å². The lowest BCUT2D eigenvalue weighted by Crippen LogP contribution is -2.34. The minimum absolute atomic E-state index is 0. The largest absolute Gasteiger partial charge is 0.508 e. The van der Waals surface area contributed by atoms with Crippen molar-refractivity contribution in [2.24, 2.45) is 0 Å². The molecule has 0 heterocycles. The summed E-state index contributed by atoms with van der Waals surface area (Å²) in [5.41, 5.74) is 3.86. The van der Waals surface area contributed by atoms with Crippen molar-refractivity contribution in [3.05, 3.63) is 65.2 Å². The highest BCUT2D eigenvalue weighted by Gasteiger charge is 2.23. The average molecular weight is 346 g/mol. The first-order valence-electron chi connectivity index (χ1n) is 8.88. The number of aromatic hydroxyl groups is 1. The normalized spacial score (nSPS) is 17.6. The van der Waals surface area contributed by atoms with Crippen molar-refractivity contribution in [3.8, 4) is 5.75 Å². The predicted molar refractivity (Wildman–Crippen MR) is 103 cm³/mol. The fourth-order valence-electron chi connectivity index (χ4n) is 3.68. The smallest absolute Gasteiger partial charge is 0.119 e. The molecule has 2 unspecified atom stereocenters. The Hall–Kier alpha value is -1.51. The first kappa shape index (κ1) is 18.8. The van der Waals surface area contributed by atoms with E-state index in [1.807, 2.05) is 12.1 Å². The number of nitrogens with one attached hydrogen (secondary N) is 1. The van der Waals surface area contributed by atoms with Gasteiger partial charge in [0.1, 0.15) is 5.75 Å². The van der Waals surface area contributed by atoms with Crippen molar-refractivity contribution < 1.29 is 5.11 Å². The minimum atomic E-state index is 0. The van der Waals surface area contributed by atoms with Gasteiger partial charge in [-0.05, 0) is 61.3 Å². The molecule has 24 heavy (non-hydrogen) atoms. The van der Waals surface area contributed by atoms with Gasteiger partial charge in [-0.25, -0.2) is 0 Å². The minimum Gasteiger partial charge on any atom is -0.508 e. The first-order chi connectivity index (χ1) is 11.3. The van der Waals surface area contributed by atoms with Crippen LogP contribution >= 0.6 is 12.4 Å². The van der Waals surface area contributed by atoms with Crippen molar-refractivity contribution in [2.75, 3.05) is 0 Å². The van der Waals surface area contributed by atoms with E-state index in [1.54, 1.807) is 0 Å². The summed E-state index contributed by atoms with van der Waals surface area (Å²) in [6, 6.07) is 17.6. The van der Waals surface area contributed by atoms with Gasteiger partial charge >= 0.3 is 0 Å². The van der Waals surface area contributed by atoms with Gasteiger partial charge in [-0.2, -0.15) is 0 Å². The van der Waals surface area contributed by atoms with Gasteiger partial charge in [0.25, 0.3) is 0 Å². The van der Waals surface area contributed by atoms with Crippen molar-refractivity contribution >= 4 is 12.4 Å². The highest BCUT2D eigenvalue weighted by Crippen LogP contribution is 2.35. The lowest BCUT2D eigenvalue weighted by molar-refractivity contribution is 0.366. The number of fused-ring (bicyclic) bond motifs is 1. The molecule has 2 aromatic carbocycles. The molecule has 0 fully saturated rings. The Morgan fingerprint density at radius 3 is 2.67 bits per heavy atom. The van der Waals surface area contributed by atoms with Gasteiger partial charge in [0.15, 0.2) is 0 Å². The summed E-state index contributed by atoms with van der Waals surface area (Å²) in [6.07, 6.45) is 6.73. The number of benzene rings is 2. The van der Waals surface area contributed by atoms with E-state index in [2.05, 4.69) is 48.6 Å². The maximum atomic E-state index is 10.1. The molecule has 1 aliphatic rings. The zero-order valence-electron chi connectivity index (χ0n) is 14.4. The Morgan fingerprint density at radius 1 is 1.12 bits per heavy atom. The molecule has 0 spiro atoms. The lowest BCUT2D eigenvalue weighted by Gasteiger charge is -2.30. The molecule has 0 radical (unpaired) electrons. The Labute approximate surface area is 151 Å². The second-order valence-corrected chi connectivity index (χ2v) is 6.59. The Bertz CT molecular complexity index is 629. The van der Waals surface area contributed by atoms with Gasteiger partial charge in [0.05, 0.1) is 0 Å². The predicted octanol–water partition coefficient (Wildman–Crippen LogP) is 5.19. The number of halogens is 1. The van der Waals surface area contributed by atoms with Crippen molar-refractivity contribution in [1.82, 2.24) is 5.32 Å². The average Bonchev–Trinajstić information content (AvgIpc) is 2.60. The summed E-state index contributed by atoms with van der Waals surface area (Å²) < 4.78 is 0. The Kier molecular flexibility index (Phi) is 7.14. The zero-order chi connectivity index (χ0) is 16.1. The van der Waals surface area contributed by atoms with Crippen LogP contribution in [0.1, 0.15) is 55.3 Å². The fraction of sp³-hybridized carbons (Fsp3) is 0.429. The van der Waals surface area contributed by atoms with Crippen LogP contribution in [0.15, 0.2) is 48.5 Å². The number of hydrogen-bond donors (Lipinski definition) is 2. The molecule has 130 valence electrons. The molecule has 3 rings (SSSR count). The third-order valence-corrected chi connectivity index (χ3v) is 5.04. The number of phenols is 1. The molecule has 2 aromatic rings. The van der Waals surface area contributed by atoms with E-state index in [1.165, 1.54) is 11.1 Å². The molecule has 2 nitrogen and oxygen atoms in total. The van der Waals surface area contributed by atoms with Gasteiger partial charge in [0.2, 0.25) is 0 Å². The second kappa shape index (κ2) is 9.10. The fourth-order valence-corrected chi connectivity index (χ4v) is 3.68. The molecule has 0 saturated heterocycles. The van der Waals surface area contributed by atoms with Crippen molar-refractivity contribution in [3.63, 3.8) is 0 Å². The summed E-state index contributed by atoms with van der Waals surface area (Å²) in [4.78, 5) is 0. The van der Waals surface area contributed by atoms with Gasteiger partial charge < -0.3 is 10.4 Å². The molecule has 3 heteroatoms. The number of rotatable bonds is 6. The Morgan fingerprint density at radius 2 is 1.92 bits per heavy atom. The third kappa shape index (κ3) is 4.52. The lowest BCUT2D eigenvalue weighted by atomic mass is 9.86. The molecule has 2 N–H and O–H groups in total. The molecule has 0 bridgehead atoms. The van der Waals surface area contributed by atoms with E-state index in [-0.39, 0.29) is 12.4 Å². The van der Waals surface area contributed by atoms with Gasteiger partial charge in [0, 0.05) is 12.1 Å². The summed E-state index contributed by atoms with van der Waals surface area (Å²) in [7, 11) is 0. The van der Waals surface area contributed by atoms with Crippen LogP contribution in [0.25, 0.3) is 0 Å². The number of phenolic OH excluding ortho intramolecular Hbond substituents is 1. The van der Waals surface area contributed by atoms with Crippen molar-refractivity contribution in [2.45, 2.75) is 57.5 Å². The topological polar surface area (TPSA) is 32.3 Å². The van der Waals surface area contributed by atoms with Gasteiger partial charge in [-0.1, -0.05) is 49.4 Å². The molecule has 0 aliphatic heterocycles. The maximum absolute atomic E-state index is 10.1. The van der Waals surface area contributed by atoms with Crippen LogP contribution in [0.5, 0.6) is 5.75 Å². The van der Waals surface area contributed by atoms with Crippen LogP contribution in [0, 0.1) is 0 Å². The van der Waals surface area contributed by atoms with Gasteiger partial charge in [-0.15, -0.1) is 12.4 Å². The third-order valence-electron chi connectivity index (χ3n) is 5.04. The first-order valence-corrected chi connectivity index (χ1v) is 8.88. The van der Waals surface area contributed by atoms with Crippen LogP contribution in [0.4, 0.5) is 0 Å². The SMILES string of the molecule is CCC(CCc1ccccc1)NC1CCCc2c(O)cccc21.Cl. The summed E-state index contributed by atoms with van der Waals surface area (Å²) in [5, 5.41) is 13.9. The zero-order valence-corrected chi connectivity index (χ0v) is 15.2. The molecule has 1 aliphatic carbocycles. The quantitative estimate of drug-likeness (QED) is 0.754. The molecular weight excluding hydrogens is 318 g/mol. The standard InChI is InChI=1S/C21H27NO.ClH/c1-2-17(15-14-16-8-4-3-5-9-16)22-20-12-6-11-19-18(20)10-7-13-21(19)23;/h3-5,7-10,13,17,20,22-23H,2,6,11-12,14-15H2,1H3;1H. The second-order valence-electron chi connectivity index (χ2n) is 6.59. The van der Waals surface area contributed by atoms with Crippen LogP contribution in [0.3, 0.4) is 0 Å². The summed E-state index contributed by atoms with van der Waals surface area (Å²) in [5.74, 6) is 0.464. The van der Waals surface area contributed by atoms with E-state index in [0.29, 0.717) is 17.8 Å². The van der Waals surface area contributed by atoms with Crippen LogP contribution in [-0.2, 0) is 12.8 Å². The highest BCUT2D eigenvalue weighted by molar-refractivity contribution is 5.85. The van der Waals surface area contributed by atoms with E-state index >= 15 is 0 Å². The van der Waals surface area contributed by atoms with Crippen LogP contribution < -0.4 is 5.32 Å². The monoisotopic (exact) mass is 345 g/mol. The molecule has 2 atom stereocenters. The van der Waals surface area contributed by atoms with Crippen LogP contribution in [-0.4, -0.2) is 11.1 Å². The van der Waals surface area contributed by atoms with E-state index in [9.17, 15) is 5.11 Å². The van der Waals surface area contributed by atoms with E-state index in [4.69, 9.17) is 0 Å². The van der Waals surface area contributed by atoms with Crippen molar-refractivity contribution in [1.29, 1.82) is 0 Å². The number of aryl methyl sites for hydroxylation is 1. The maximum Gasteiger partial charge on any atom is 0.119 e. The highest BCUT2D eigenvalue weighted by atomic mass is 35.5. The molecule has 0 saturated carbocycles. The number of hydrogen-bond acceptors (Lipinski definition) is 2. The summed E-state index contributed by atoms with van der Waals surface area (Å²) in [6.45, 7) is 2.26. The molecule has 0 aromatic heterocycles. The molecule has 0 amide bonds. The van der Waals surface area contributed by atoms with Crippen LogP contribution in [0.2, 0.25) is 0 Å².